The lowest BCUT2D eigenvalue weighted by atomic mass is 10.1. The monoisotopic (exact) mass is 518 g/mol. The molecule has 0 saturated heterocycles. The van der Waals surface area contributed by atoms with Crippen LogP contribution in [0.3, 0.4) is 0 Å². The molecule has 38 heavy (non-hydrogen) atoms. The van der Waals surface area contributed by atoms with Gasteiger partial charge in [-0.15, -0.1) is 0 Å². The van der Waals surface area contributed by atoms with E-state index < -0.39 is 29.2 Å². The number of amides is 2. The maximum absolute atomic E-state index is 13.6. The summed E-state index contributed by atoms with van der Waals surface area (Å²) in [6.45, 7) is 5.05. The van der Waals surface area contributed by atoms with Gasteiger partial charge in [0.1, 0.15) is 0 Å². The van der Waals surface area contributed by atoms with Crippen LogP contribution in [0, 0.1) is 6.92 Å². The first-order valence-corrected chi connectivity index (χ1v) is 11.2. The lowest BCUT2D eigenvalue weighted by Gasteiger charge is -2.16. The molecule has 0 aliphatic rings. The van der Waals surface area contributed by atoms with E-state index in [-0.39, 0.29) is 11.3 Å². The van der Waals surface area contributed by atoms with Crippen molar-refractivity contribution in [1.82, 2.24) is 15.0 Å². The van der Waals surface area contributed by atoms with Crippen LogP contribution < -0.4 is 16.0 Å². The van der Waals surface area contributed by atoms with Crippen molar-refractivity contribution < 1.29 is 22.8 Å². The number of carbonyl (C=O) groups excluding carboxylic acids is 2. The molecule has 0 saturated carbocycles. The van der Waals surface area contributed by atoms with Crippen molar-refractivity contribution >= 4 is 34.8 Å². The summed E-state index contributed by atoms with van der Waals surface area (Å²) in [5, 5.41) is 7.67. The van der Waals surface area contributed by atoms with Crippen molar-refractivity contribution in [2.45, 2.75) is 13.1 Å². The fourth-order valence-corrected chi connectivity index (χ4v) is 3.46. The first-order valence-electron chi connectivity index (χ1n) is 11.2. The number of anilines is 4. The molecular formula is C27H21F3N6O2. The van der Waals surface area contributed by atoms with Crippen molar-refractivity contribution in [2.24, 2.45) is 0 Å². The number of alkyl halides is 3. The highest BCUT2D eigenvalue weighted by Crippen LogP contribution is 2.37. The second kappa shape index (κ2) is 10.9. The van der Waals surface area contributed by atoms with Crippen LogP contribution in [0.25, 0.3) is 11.3 Å². The number of nitrogens with zero attached hydrogens (tertiary/aromatic N) is 3. The predicted molar refractivity (Wildman–Crippen MR) is 138 cm³/mol. The molecule has 192 valence electrons. The number of hydrogen-bond donors (Lipinski definition) is 3. The third-order valence-corrected chi connectivity index (χ3v) is 5.39. The van der Waals surface area contributed by atoms with Crippen LogP contribution in [0.4, 0.5) is 36.2 Å². The largest absolute Gasteiger partial charge is 0.418 e. The van der Waals surface area contributed by atoms with Gasteiger partial charge in [0.25, 0.3) is 5.91 Å². The molecule has 0 fully saturated rings. The molecule has 2 amide bonds. The number of carbonyl (C=O) groups is 2. The molecule has 3 N–H and O–H groups in total. The van der Waals surface area contributed by atoms with Crippen molar-refractivity contribution in [3.05, 3.63) is 103 Å². The summed E-state index contributed by atoms with van der Waals surface area (Å²) >= 11 is 0. The third kappa shape index (κ3) is 6.19. The zero-order chi connectivity index (χ0) is 27.3. The van der Waals surface area contributed by atoms with Crippen LogP contribution in [0.2, 0.25) is 0 Å². The molecule has 0 unspecified atom stereocenters. The highest BCUT2D eigenvalue weighted by atomic mass is 19.4. The minimum absolute atomic E-state index is 0.0958. The summed E-state index contributed by atoms with van der Waals surface area (Å²) in [5.74, 6) is -1.13. The molecule has 0 bridgehead atoms. The predicted octanol–water partition coefficient (Wildman–Crippen LogP) is 5.99. The fraction of sp³-hybridized carbons (Fsp3) is 0.0741. The van der Waals surface area contributed by atoms with Crippen LogP contribution in [-0.2, 0) is 11.0 Å². The van der Waals surface area contributed by atoms with E-state index in [1.165, 1.54) is 6.07 Å². The minimum Gasteiger partial charge on any atom is -0.324 e. The van der Waals surface area contributed by atoms with E-state index in [1.54, 1.807) is 48.9 Å². The van der Waals surface area contributed by atoms with Crippen molar-refractivity contribution in [1.29, 1.82) is 0 Å². The molecule has 0 atom stereocenters. The van der Waals surface area contributed by atoms with Gasteiger partial charge >= 0.3 is 6.18 Å². The van der Waals surface area contributed by atoms with Gasteiger partial charge in [-0.3, -0.25) is 14.6 Å². The molecule has 8 nitrogen and oxygen atoms in total. The molecule has 0 aliphatic heterocycles. The number of rotatable bonds is 7. The summed E-state index contributed by atoms with van der Waals surface area (Å²) in [4.78, 5) is 37.2. The summed E-state index contributed by atoms with van der Waals surface area (Å²) in [5.41, 5.74) is 1.32. The van der Waals surface area contributed by atoms with E-state index in [0.717, 1.165) is 29.3 Å². The van der Waals surface area contributed by atoms with Crippen LogP contribution in [0.1, 0.15) is 21.5 Å². The molecule has 0 radical (unpaired) electrons. The number of halogens is 3. The Balaban J connectivity index is 1.56. The third-order valence-electron chi connectivity index (χ3n) is 5.39. The van der Waals surface area contributed by atoms with E-state index in [0.29, 0.717) is 17.3 Å². The zero-order valence-electron chi connectivity index (χ0n) is 20.0. The average Bonchev–Trinajstić information content (AvgIpc) is 2.90. The van der Waals surface area contributed by atoms with Crippen LogP contribution in [0.5, 0.6) is 0 Å². The number of benzene rings is 2. The Morgan fingerprint density at radius 1 is 0.974 bits per heavy atom. The molecule has 2 aromatic heterocycles. The van der Waals surface area contributed by atoms with Gasteiger partial charge in [-0.1, -0.05) is 12.6 Å². The summed E-state index contributed by atoms with van der Waals surface area (Å²) in [6, 6.07) is 13.3. The summed E-state index contributed by atoms with van der Waals surface area (Å²) in [7, 11) is 0. The number of pyridine rings is 1. The van der Waals surface area contributed by atoms with Crippen LogP contribution in [0.15, 0.2) is 85.8 Å². The molecule has 2 aromatic carbocycles. The van der Waals surface area contributed by atoms with Crippen LogP contribution >= 0.6 is 0 Å². The van der Waals surface area contributed by atoms with Gasteiger partial charge in [0.15, 0.2) is 0 Å². The number of hydrogen-bond acceptors (Lipinski definition) is 6. The Morgan fingerprint density at radius 2 is 1.79 bits per heavy atom. The molecule has 0 spiro atoms. The quantitative estimate of drug-likeness (QED) is 0.260. The Kier molecular flexibility index (Phi) is 7.47. The lowest BCUT2D eigenvalue weighted by molar-refractivity contribution is -0.136. The SMILES string of the molecule is C=CC(=O)Nc1ccc(NC(=O)c2ccc(C)c(Nc3nccc(-c4cccnc4)n3)c2)cc1C(F)(F)F. The van der Waals surface area contributed by atoms with E-state index in [4.69, 9.17) is 0 Å². The average molecular weight is 518 g/mol. The van der Waals surface area contributed by atoms with Gasteiger partial charge in [0.2, 0.25) is 11.9 Å². The van der Waals surface area contributed by atoms with Gasteiger partial charge in [0.05, 0.1) is 16.9 Å². The normalized spacial score (nSPS) is 10.9. The fourth-order valence-electron chi connectivity index (χ4n) is 3.46. The highest BCUT2D eigenvalue weighted by molar-refractivity contribution is 6.05. The highest BCUT2D eigenvalue weighted by Gasteiger charge is 2.34. The van der Waals surface area contributed by atoms with Crippen molar-refractivity contribution in [3.8, 4) is 11.3 Å². The van der Waals surface area contributed by atoms with Gasteiger partial charge in [-0.2, -0.15) is 13.2 Å². The number of nitrogens with one attached hydrogen (secondary N) is 3. The van der Waals surface area contributed by atoms with Crippen LogP contribution in [-0.4, -0.2) is 26.8 Å². The number of aryl methyl sites for hydroxylation is 1. The zero-order valence-corrected chi connectivity index (χ0v) is 20.0. The van der Waals surface area contributed by atoms with Crippen molar-refractivity contribution in [3.63, 3.8) is 0 Å². The molecule has 0 aliphatic carbocycles. The van der Waals surface area contributed by atoms with E-state index >= 15 is 0 Å². The summed E-state index contributed by atoms with van der Waals surface area (Å²) < 4.78 is 40.7. The second-order valence-corrected chi connectivity index (χ2v) is 8.07. The Hall–Kier alpha value is -5.06. The Morgan fingerprint density at radius 3 is 2.50 bits per heavy atom. The number of aromatic nitrogens is 3. The first kappa shape index (κ1) is 26.0. The van der Waals surface area contributed by atoms with Gasteiger partial charge in [-0.05, 0) is 67.1 Å². The van der Waals surface area contributed by atoms with E-state index in [9.17, 15) is 22.8 Å². The maximum atomic E-state index is 13.6. The maximum Gasteiger partial charge on any atom is 0.418 e. The smallest absolute Gasteiger partial charge is 0.324 e. The van der Waals surface area contributed by atoms with Gasteiger partial charge < -0.3 is 16.0 Å². The van der Waals surface area contributed by atoms with Gasteiger partial charge in [0, 0.05) is 41.1 Å². The minimum atomic E-state index is -4.77. The molecule has 4 aromatic rings. The van der Waals surface area contributed by atoms with Gasteiger partial charge in [-0.25, -0.2) is 9.97 Å². The Labute approximate surface area is 215 Å². The topological polar surface area (TPSA) is 109 Å². The molecule has 11 heteroatoms. The Bertz CT molecular complexity index is 1510. The molecule has 4 rings (SSSR count). The first-order chi connectivity index (χ1) is 18.1. The van der Waals surface area contributed by atoms with E-state index in [1.807, 2.05) is 13.0 Å². The molecular weight excluding hydrogens is 497 g/mol. The lowest BCUT2D eigenvalue weighted by Crippen LogP contribution is -2.17. The van der Waals surface area contributed by atoms with E-state index in [2.05, 4.69) is 37.5 Å². The second-order valence-electron chi connectivity index (χ2n) is 8.07. The summed E-state index contributed by atoms with van der Waals surface area (Å²) in [6.07, 6.45) is 1.01. The standard InChI is InChI=1S/C27H21F3N6O2/c1-3-24(37)34-22-9-8-19(14-20(22)27(28,29)30)33-25(38)17-7-6-16(2)23(13-17)36-26-32-12-10-21(35-26)18-5-4-11-31-15-18/h3-15H,1H2,2H3,(H,33,38)(H,34,37)(H,32,35,36). The molecule has 2 heterocycles. The van der Waals surface area contributed by atoms with Crippen molar-refractivity contribution in [2.75, 3.05) is 16.0 Å².